The molecule has 1 fully saturated rings. The Bertz CT molecular complexity index is 651. The minimum Gasteiger partial charge on any atom is -0.496 e. The predicted molar refractivity (Wildman–Crippen MR) is 84.3 cm³/mol. The van der Waals surface area contributed by atoms with Gasteiger partial charge in [0.2, 0.25) is 0 Å². The zero-order valence-corrected chi connectivity index (χ0v) is 12.5. The number of carbonyl (C=O) groups is 1. The van der Waals surface area contributed by atoms with Crippen LogP contribution in [0.25, 0.3) is 0 Å². The molecule has 2 aromatic rings. The topological polar surface area (TPSA) is 47.6 Å². The van der Waals surface area contributed by atoms with E-state index in [4.69, 9.17) is 9.47 Å². The van der Waals surface area contributed by atoms with Crippen LogP contribution in [-0.2, 0) is 6.61 Å². The van der Waals surface area contributed by atoms with Gasteiger partial charge in [-0.25, -0.2) is 0 Å². The van der Waals surface area contributed by atoms with Crippen LogP contribution in [0.4, 0.5) is 0 Å². The maximum absolute atomic E-state index is 12.1. The molecule has 1 saturated carbocycles. The van der Waals surface area contributed by atoms with E-state index in [0.717, 1.165) is 29.9 Å². The summed E-state index contributed by atoms with van der Waals surface area (Å²) in [6, 6.07) is 15.4. The number of rotatable bonds is 6. The normalized spacial score (nSPS) is 13.5. The lowest BCUT2D eigenvalue weighted by atomic mass is 10.1. The lowest BCUT2D eigenvalue weighted by Crippen LogP contribution is -2.25. The molecule has 3 rings (SSSR count). The number of ether oxygens (including phenoxy) is 2. The van der Waals surface area contributed by atoms with E-state index in [2.05, 4.69) is 5.32 Å². The summed E-state index contributed by atoms with van der Waals surface area (Å²) in [5, 5.41) is 2.99. The van der Waals surface area contributed by atoms with Crippen molar-refractivity contribution in [3.63, 3.8) is 0 Å². The Balaban J connectivity index is 1.73. The molecule has 1 aliphatic carbocycles. The minimum atomic E-state index is -0.0360. The number of amides is 1. The first-order valence-electron chi connectivity index (χ1n) is 7.42. The summed E-state index contributed by atoms with van der Waals surface area (Å²) in [4.78, 5) is 12.1. The number of nitrogens with one attached hydrogen (secondary N) is 1. The highest BCUT2D eigenvalue weighted by Gasteiger charge is 2.24. The number of hydrogen-bond donors (Lipinski definition) is 1. The number of hydrogen-bond acceptors (Lipinski definition) is 3. The van der Waals surface area contributed by atoms with Crippen molar-refractivity contribution in [2.24, 2.45) is 0 Å². The van der Waals surface area contributed by atoms with Gasteiger partial charge in [0.1, 0.15) is 18.1 Å². The molecule has 4 nitrogen and oxygen atoms in total. The molecule has 22 heavy (non-hydrogen) atoms. The molecule has 0 saturated heterocycles. The van der Waals surface area contributed by atoms with Crippen LogP contribution in [0.5, 0.6) is 11.5 Å². The summed E-state index contributed by atoms with van der Waals surface area (Å²) in [6.45, 7) is 0.359. The Morgan fingerprint density at radius 3 is 2.64 bits per heavy atom. The maximum atomic E-state index is 12.1. The number of para-hydroxylation sites is 1. The monoisotopic (exact) mass is 297 g/mol. The van der Waals surface area contributed by atoms with Crippen molar-refractivity contribution in [3.05, 3.63) is 59.7 Å². The summed E-state index contributed by atoms with van der Waals surface area (Å²) in [6.07, 6.45) is 2.15. The fourth-order valence-corrected chi connectivity index (χ4v) is 2.21. The average Bonchev–Trinajstić information content (AvgIpc) is 3.37. The molecule has 1 N–H and O–H groups in total. The third kappa shape index (κ3) is 3.58. The molecule has 2 aromatic carbocycles. The Kier molecular flexibility index (Phi) is 4.28. The highest BCUT2D eigenvalue weighted by atomic mass is 16.5. The number of carbonyl (C=O) groups excluding carboxylic acids is 1. The van der Waals surface area contributed by atoms with E-state index in [1.807, 2.05) is 42.5 Å². The van der Waals surface area contributed by atoms with E-state index < -0.39 is 0 Å². The van der Waals surface area contributed by atoms with Crippen LogP contribution in [0.2, 0.25) is 0 Å². The van der Waals surface area contributed by atoms with Gasteiger partial charge in [0.05, 0.1) is 7.11 Å². The van der Waals surface area contributed by atoms with Gasteiger partial charge in [-0.2, -0.15) is 0 Å². The van der Waals surface area contributed by atoms with Crippen molar-refractivity contribution in [2.75, 3.05) is 7.11 Å². The Morgan fingerprint density at radius 2 is 1.95 bits per heavy atom. The van der Waals surface area contributed by atoms with Crippen LogP contribution in [0.1, 0.15) is 28.8 Å². The molecular formula is C18H19NO3. The quantitative estimate of drug-likeness (QED) is 0.891. The molecule has 0 radical (unpaired) electrons. The van der Waals surface area contributed by atoms with Gasteiger partial charge >= 0.3 is 0 Å². The lowest BCUT2D eigenvalue weighted by molar-refractivity contribution is 0.0951. The Hall–Kier alpha value is -2.49. The van der Waals surface area contributed by atoms with E-state index >= 15 is 0 Å². The molecule has 1 amide bonds. The van der Waals surface area contributed by atoms with E-state index in [9.17, 15) is 4.79 Å². The molecule has 4 heteroatoms. The van der Waals surface area contributed by atoms with Crippen molar-refractivity contribution < 1.29 is 14.3 Å². The standard InChI is InChI=1S/C18H19NO3/c1-21-17-10-7-13(18(20)19-15-8-9-15)11-14(17)12-22-16-5-3-2-4-6-16/h2-7,10-11,15H,8-9,12H2,1H3,(H,19,20). The van der Waals surface area contributed by atoms with Gasteiger partial charge in [-0.1, -0.05) is 18.2 Å². The average molecular weight is 297 g/mol. The van der Waals surface area contributed by atoms with Gasteiger partial charge < -0.3 is 14.8 Å². The first kappa shape index (κ1) is 14.4. The predicted octanol–water partition coefficient (Wildman–Crippen LogP) is 3.17. The second-order valence-corrected chi connectivity index (χ2v) is 5.38. The third-order valence-corrected chi connectivity index (χ3v) is 3.59. The SMILES string of the molecule is COc1ccc(C(=O)NC2CC2)cc1COc1ccccc1. The van der Waals surface area contributed by atoms with Gasteiger partial charge in [-0.05, 0) is 43.2 Å². The van der Waals surface area contributed by atoms with E-state index in [1.54, 1.807) is 13.2 Å². The molecule has 0 aromatic heterocycles. The second kappa shape index (κ2) is 6.52. The first-order valence-corrected chi connectivity index (χ1v) is 7.42. The van der Waals surface area contributed by atoms with Crippen molar-refractivity contribution in [3.8, 4) is 11.5 Å². The smallest absolute Gasteiger partial charge is 0.251 e. The molecule has 114 valence electrons. The summed E-state index contributed by atoms with van der Waals surface area (Å²) < 4.78 is 11.1. The van der Waals surface area contributed by atoms with Gasteiger partial charge in [-0.3, -0.25) is 4.79 Å². The van der Waals surface area contributed by atoms with Crippen LogP contribution in [0, 0.1) is 0 Å². The molecule has 0 bridgehead atoms. The largest absolute Gasteiger partial charge is 0.496 e. The fraction of sp³-hybridized carbons (Fsp3) is 0.278. The van der Waals surface area contributed by atoms with Crippen LogP contribution < -0.4 is 14.8 Å². The minimum absolute atomic E-state index is 0.0360. The van der Waals surface area contributed by atoms with E-state index in [0.29, 0.717) is 18.2 Å². The van der Waals surface area contributed by atoms with E-state index in [1.165, 1.54) is 0 Å². The van der Waals surface area contributed by atoms with Gasteiger partial charge in [0, 0.05) is 17.2 Å². The highest BCUT2D eigenvalue weighted by Crippen LogP contribution is 2.24. The third-order valence-electron chi connectivity index (χ3n) is 3.59. The number of benzene rings is 2. The van der Waals surface area contributed by atoms with Gasteiger partial charge in [0.15, 0.2) is 0 Å². The fourth-order valence-electron chi connectivity index (χ4n) is 2.21. The van der Waals surface area contributed by atoms with Crippen LogP contribution in [0.15, 0.2) is 48.5 Å². The van der Waals surface area contributed by atoms with Gasteiger partial charge in [-0.15, -0.1) is 0 Å². The summed E-state index contributed by atoms with van der Waals surface area (Å²) in [7, 11) is 1.62. The molecular weight excluding hydrogens is 278 g/mol. The Labute approximate surface area is 130 Å². The zero-order valence-electron chi connectivity index (χ0n) is 12.5. The molecule has 0 atom stereocenters. The molecule has 0 heterocycles. The number of methoxy groups -OCH3 is 1. The molecule has 1 aliphatic rings. The van der Waals surface area contributed by atoms with Crippen molar-refractivity contribution >= 4 is 5.91 Å². The first-order chi connectivity index (χ1) is 10.8. The van der Waals surface area contributed by atoms with Crippen LogP contribution >= 0.6 is 0 Å². The van der Waals surface area contributed by atoms with Gasteiger partial charge in [0.25, 0.3) is 5.91 Å². The summed E-state index contributed by atoms with van der Waals surface area (Å²) >= 11 is 0. The lowest BCUT2D eigenvalue weighted by Gasteiger charge is -2.12. The molecule has 0 unspecified atom stereocenters. The van der Waals surface area contributed by atoms with Crippen LogP contribution in [-0.4, -0.2) is 19.1 Å². The summed E-state index contributed by atoms with van der Waals surface area (Å²) in [5.74, 6) is 1.47. The summed E-state index contributed by atoms with van der Waals surface area (Å²) in [5.41, 5.74) is 1.49. The zero-order chi connectivity index (χ0) is 15.4. The highest BCUT2D eigenvalue weighted by molar-refractivity contribution is 5.95. The second-order valence-electron chi connectivity index (χ2n) is 5.38. The van der Waals surface area contributed by atoms with E-state index in [-0.39, 0.29) is 5.91 Å². The molecule has 0 aliphatic heterocycles. The van der Waals surface area contributed by atoms with Crippen LogP contribution in [0.3, 0.4) is 0 Å². The molecule has 0 spiro atoms. The Morgan fingerprint density at radius 1 is 1.18 bits per heavy atom. The van der Waals surface area contributed by atoms with Crippen molar-refractivity contribution in [2.45, 2.75) is 25.5 Å². The van der Waals surface area contributed by atoms with Crippen molar-refractivity contribution in [1.82, 2.24) is 5.32 Å². The van der Waals surface area contributed by atoms with Crippen molar-refractivity contribution in [1.29, 1.82) is 0 Å². The maximum Gasteiger partial charge on any atom is 0.251 e.